The number of aromatic nitrogens is 1. The number of rotatable bonds is 2. The van der Waals surface area contributed by atoms with Crippen LogP contribution >= 0.6 is 11.3 Å². The van der Waals surface area contributed by atoms with Crippen LogP contribution in [0.1, 0.15) is 77.9 Å². The summed E-state index contributed by atoms with van der Waals surface area (Å²) in [4.78, 5) is 30.3. The average Bonchev–Trinajstić information content (AvgIpc) is 3.21. The van der Waals surface area contributed by atoms with Gasteiger partial charge in [-0.3, -0.25) is 9.59 Å². The predicted octanol–water partition coefficient (Wildman–Crippen LogP) is 5.51. The summed E-state index contributed by atoms with van der Waals surface area (Å²) >= 11 is 1.46. The molecule has 1 aromatic heterocycles. The molecule has 0 aliphatic carbocycles. The Hall–Kier alpha value is -1.97. The van der Waals surface area contributed by atoms with Gasteiger partial charge < -0.3 is 14.9 Å². The Balaban J connectivity index is 2.44. The monoisotopic (exact) mass is 527 g/mol. The second kappa shape index (κ2) is 12.0. The lowest BCUT2D eigenvalue weighted by Crippen LogP contribution is -2.45. The van der Waals surface area contributed by atoms with E-state index in [0.29, 0.717) is 11.3 Å². The van der Waals surface area contributed by atoms with Crippen molar-refractivity contribution in [3.63, 3.8) is 0 Å². The molecular weight excluding hydrogens is 488 g/mol. The lowest BCUT2D eigenvalue weighted by molar-refractivity contribution is -0.154. The standard InChI is InChI=1S/C27H39F2NO5S/c1-15-10-11-27(28,29)17(3)8-9-21(16(2)12-20-14-36-19(5)30-20)35-23(32)13-22(31)26(6,7)25(34)18(4)24(15)33/h8,12,14-15,18,21-22,24,31,33H,9-11,13H2,1-7H3/b16-12+,17-8-/t15-,18+,21?,22-,24-/m0/s1. The number of esters is 1. The molecule has 0 bridgehead atoms. The number of aliphatic hydroxyl groups excluding tert-OH is 2. The van der Waals surface area contributed by atoms with Gasteiger partial charge in [0, 0.05) is 24.1 Å². The van der Waals surface area contributed by atoms with Gasteiger partial charge in [-0.15, -0.1) is 11.3 Å². The molecule has 36 heavy (non-hydrogen) atoms. The van der Waals surface area contributed by atoms with Crippen molar-refractivity contribution in [1.29, 1.82) is 0 Å². The highest BCUT2D eigenvalue weighted by atomic mass is 32.1. The zero-order chi connectivity index (χ0) is 27.4. The number of halogens is 2. The van der Waals surface area contributed by atoms with Crippen LogP contribution in [0, 0.1) is 24.2 Å². The van der Waals surface area contributed by atoms with Crippen LogP contribution in [0.5, 0.6) is 0 Å². The Bertz CT molecular complexity index is 1000. The van der Waals surface area contributed by atoms with E-state index in [9.17, 15) is 28.6 Å². The highest BCUT2D eigenvalue weighted by Gasteiger charge is 2.43. The number of thiazole rings is 1. The van der Waals surface area contributed by atoms with Gasteiger partial charge in [-0.25, -0.2) is 13.8 Å². The van der Waals surface area contributed by atoms with Crippen LogP contribution in [0.3, 0.4) is 0 Å². The van der Waals surface area contributed by atoms with Crippen molar-refractivity contribution in [3.8, 4) is 0 Å². The van der Waals surface area contributed by atoms with E-state index in [1.54, 1.807) is 19.9 Å². The highest BCUT2D eigenvalue weighted by Crippen LogP contribution is 2.35. The van der Waals surface area contributed by atoms with Crippen LogP contribution in [0.2, 0.25) is 0 Å². The summed E-state index contributed by atoms with van der Waals surface area (Å²) in [6.07, 6.45) is -1.13. The van der Waals surface area contributed by atoms with Crippen molar-refractivity contribution in [2.75, 3.05) is 0 Å². The number of carbonyl (C=O) groups excluding carboxylic acids is 2. The van der Waals surface area contributed by atoms with Crippen LogP contribution in [0.15, 0.2) is 22.6 Å². The number of aliphatic hydroxyl groups is 2. The molecule has 0 fully saturated rings. The SMILES string of the molecule is C/C1=C/CC(/C(C)=C/c2csc(C)n2)OC(=O)C[C@H](O)C(C)(C)C(=O)[C@H](C)[C@@H](O)[C@@H](C)CCC1(F)F. The number of ether oxygens (including phenoxy) is 1. The van der Waals surface area contributed by atoms with Gasteiger partial charge in [0.05, 0.1) is 34.7 Å². The fourth-order valence-corrected chi connectivity index (χ4v) is 4.90. The summed E-state index contributed by atoms with van der Waals surface area (Å²) in [6.45, 7) is 11.1. The predicted molar refractivity (Wildman–Crippen MR) is 137 cm³/mol. The van der Waals surface area contributed by atoms with E-state index in [4.69, 9.17) is 4.74 Å². The maximum absolute atomic E-state index is 14.9. The third kappa shape index (κ3) is 7.52. The molecule has 2 rings (SSSR count). The number of ketones is 1. The van der Waals surface area contributed by atoms with Gasteiger partial charge in [0.15, 0.2) is 0 Å². The third-order valence-electron chi connectivity index (χ3n) is 7.26. The highest BCUT2D eigenvalue weighted by molar-refractivity contribution is 7.09. The van der Waals surface area contributed by atoms with E-state index >= 15 is 0 Å². The number of carbonyl (C=O) groups is 2. The maximum Gasteiger partial charge on any atom is 0.309 e. The molecule has 5 atom stereocenters. The summed E-state index contributed by atoms with van der Waals surface area (Å²) in [5, 5.41) is 24.2. The summed E-state index contributed by atoms with van der Waals surface area (Å²) in [6, 6.07) is 0. The Labute approximate surface area is 216 Å². The van der Waals surface area contributed by atoms with Crippen molar-refractivity contribution >= 4 is 29.2 Å². The molecule has 0 spiro atoms. The number of Topliss-reactive ketones (excluding diaryl/α,β-unsaturated/α-hetero) is 1. The first kappa shape index (κ1) is 30.3. The zero-order valence-corrected chi connectivity index (χ0v) is 23.0. The van der Waals surface area contributed by atoms with E-state index in [-0.39, 0.29) is 18.4 Å². The topological polar surface area (TPSA) is 96.7 Å². The van der Waals surface area contributed by atoms with Crippen molar-refractivity contribution < 1.29 is 33.3 Å². The van der Waals surface area contributed by atoms with Gasteiger partial charge in [0.25, 0.3) is 5.92 Å². The minimum Gasteiger partial charge on any atom is -0.457 e. The third-order valence-corrected chi connectivity index (χ3v) is 8.05. The first-order valence-electron chi connectivity index (χ1n) is 12.3. The molecule has 2 heterocycles. The lowest BCUT2D eigenvalue weighted by atomic mass is 9.73. The van der Waals surface area contributed by atoms with Crippen LogP contribution in [0.4, 0.5) is 8.78 Å². The maximum atomic E-state index is 14.9. The van der Waals surface area contributed by atoms with Gasteiger partial charge in [-0.1, -0.05) is 33.8 Å². The molecule has 1 aliphatic rings. The quantitative estimate of drug-likeness (QED) is 0.389. The van der Waals surface area contributed by atoms with Crippen molar-refractivity contribution in [3.05, 3.63) is 33.3 Å². The van der Waals surface area contributed by atoms with Gasteiger partial charge in [0.2, 0.25) is 0 Å². The van der Waals surface area contributed by atoms with Gasteiger partial charge >= 0.3 is 5.97 Å². The molecular formula is C27H39F2NO5S. The second-order valence-corrected chi connectivity index (χ2v) is 11.6. The smallest absolute Gasteiger partial charge is 0.309 e. The summed E-state index contributed by atoms with van der Waals surface area (Å²) in [7, 11) is 0. The minimum atomic E-state index is -3.12. The van der Waals surface area contributed by atoms with E-state index < -0.39 is 66.1 Å². The normalized spacial score (nSPS) is 32.5. The first-order chi connectivity index (χ1) is 16.6. The Morgan fingerprint density at radius 2 is 1.86 bits per heavy atom. The van der Waals surface area contributed by atoms with Gasteiger partial charge in [-0.05, 0) is 50.3 Å². The molecule has 0 radical (unpaired) electrons. The Kier molecular flexibility index (Phi) is 10.1. The fourth-order valence-electron chi connectivity index (χ4n) is 4.33. The Morgan fingerprint density at radius 1 is 1.22 bits per heavy atom. The molecule has 0 saturated carbocycles. The van der Waals surface area contributed by atoms with Gasteiger partial charge in [0.1, 0.15) is 11.9 Å². The second-order valence-electron chi connectivity index (χ2n) is 10.6. The van der Waals surface area contributed by atoms with Crippen molar-refractivity contribution in [2.24, 2.45) is 17.3 Å². The summed E-state index contributed by atoms with van der Waals surface area (Å²) < 4.78 is 35.5. The van der Waals surface area contributed by atoms with Crippen LogP contribution in [0.25, 0.3) is 6.08 Å². The lowest BCUT2D eigenvalue weighted by Gasteiger charge is -2.34. The first-order valence-corrected chi connectivity index (χ1v) is 13.2. The molecule has 1 aliphatic heterocycles. The van der Waals surface area contributed by atoms with Crippen LogP contribution in [-0.4, -0.2) is 51.2 Å². The molecule has 6 nitrogen and oxygen atoms in total. The average molecular weight is 528 g/mol. The molecule has 2 N–H and O–H groups in total. The van der Waals surface area contributed by atoms with Crippen LogP contribution < -0.4 is 0 Å². The van der Waals surface area contributed by atoms with E-state index in [1.165, 1.54) is 45.1 Å². The number of hydrogen-bond donors (Lipinski definition) is 2. The number of aryl methyl sites for hydroxylation is 1. The van der Waals surface area contributed by atoms with Crippen LogP contribution in [-0.2, 0) is 14.3 Å². The zero-order valence-electron chi connectivity index (χ0n) is 22.2. The van der Waals surface area contributed by atoms with Crippen molar-refractivity contribution in [1.82, 2.24) is 4.98 Å². The largest absolute Gasteiger partial charge is 0.457 e. The molecule has 1 unspecified atom stereocenters. The number of nitrogens with zero attached hydrogens (tertiary/aromatic N) is 1. The number of cyclic esters (lactones) is 1. The van der Waals surface area contributed by atoms with E-state index in [1.807, 2.05) is 12.3 Å². The number of alkyl halides is 2. The number of allylic oxidation sites excluding steroid dienone is 1. The molecule has 0 aromatic carbocycles. The van der Waals surface area contributed by atoms with Crippen molar-refractivity contribution in [2.45, 2.75) is 98.4 Å². The van der Waals surface area contributed by atoms with E-state index in [2.05, 4.69) is 4.98 Å². The minimum absolute atomic E-state index is 0.0144. The molecule has 0 amide bonds. The van der Waals surface area contributed by atoms with E-state index in [0.717, 1.165) is 5.01 Å². The Morgan fingerprint density at radius 3 is 2.44 bits per heavy atom. The molecule has 202 valence electrons. The van der Waals surface area contributed by atoms with Gasteiger partial charge in [-0.2, -0.15) is 0 Å². The molecule has 9 heteroatoms. The number of hydrogen-bond acceptors (Lipinski definition) is 7. The summed E-state index contributed by atoms with van der Waals surface area (Å²) in [5.74, 6) is -5.77. The summed E-state index contributed by atoms with van der Waals surface area (Å²) in [5.41, 5.74) is -0.204. The molecule has 1 aromatic rings. The fraction of sp³-hybridized carbons (Fsp3) is 0.667. The molecule has 0 saturated heterocycles.